The fourth-order valence-corrected chi connectivity index (χ4v) is 4.33. The molecule has 5 rings (SSSR count). The largest absolute Gasteiger partial charge is 0.390 e. The van der Waals surface area contributed by atoms with Crippen LogP contribution in [0.4, 0.5) is 20.9 Å². The first kappa shape index (κ1) is 17.6. The average Bonchev–Trinajstić information content (AvgIpc) is 3.23. The first-order valence-corrected chi connectivity index (χ1v) is 9.87. The van der Waals surface area contributed by atoms with Crippen LogP contribution in [-0.4, -0.2) is 19.7 Å². The van der Waals surface area contributed by atoms with E-state index >= 15 is 0 Å². The molecule has 0 unspecified atom stereocenters. The minimum absolute atomic E-state index is 0.244. The maximum absolute atomic E-state index is 13.5. The molecule has 0 aliphatic heterocycles. The molecule has 0 aliphatic rings. The predicted molar refractivity (Wildman–Crippen MR) is 115 cm³/mol. The monoisotopic (exact) mass is 404 g/mol. The molecule has 0 fully saturated rings. The van der Waals surface area contributed by atoms with E-state index in [-0.39, 0.29) is 5.82 Å². The lowest BCUT2D eigenvalue weighted by atomic mass is 10.2. The summed E-state index contributed by atoms with van der Waals surface area (Å²) in [6.07, 6.45) is 3.35. The molecule has 6 nitrogen and oxygen atoms in total. The van der Waals surface area contributed by atoms with Crippen LogP contribution in [0.25, 0.3) is 21.1 Å². The summed E-state index contributed by atoms with van der Waals surface area (Å²) >= 11 is 1.46. The summed E-state index contributed by atoms with van der Waals surface area (Å²) in [5.74, 6) is 0.484. The zero-order valence-corrected chi connectivity index (χ0v) is 16.4. The van der Waals surface area contributed by atoms with Gasteiger partial charge in [-0.25, -0.2) is 14.4 Å². The molecule has 5 aromatic rings. The third-order valence-electron chi connectivity index (χ3n) is 4.89. The second kappa shape index (κ2) is 6.82. The molecular formula is C21H17FN6S. The lowest BCUT2D eigenvalue weighted by Gasteiger charge is -2.08. The van der Waals surface area contributed by atoms with Gasteiger partial charge in [0.05, 0.1) is 28.6 Å². The van der Waals surface area contributed by atoms with Crippen LogP contribution in [0.1, 0.15) is 11.1 Å². The maximum atomic E-state index is 13.5. The van der Waals surface area contributed by atoms with E-state index in [9.17, 15) is 4.39 Å². The molecule has 29 heavy (non-hydrogen) atoms. The number of hydrogen-bond donors (Lipinski definition) is 2. The Balaban J connectivity index is 1.47. The molecule has 3 aromatic heterocycles. The van der Waals surface area contributed by atoms with Crippen LogP contribution >= 0.6 is 11.3 Å². The first-order valence-electron chi connectivity index (χ1n) is 9.05. The Morgan fingerprint density at radius 2 is 2.07 bits per heavy atom. The van der Waals surface area contributed by atoms with Crippen LogP contribution in [0.2, 0.25) is 0 Å². The fraction of sp³-hybridized carbons (Fsp3) is 0.0952. The van der Waals surface area contributed by atoms with Crippen molar-refractivity contribution in [3.63, 3.8) is 0 Å². The number of thiophene rings is 1. The van der Waals surface area contributed by atoms with Gasteiger partial charge in [0.1, 0.15) is 22.8 Å². The van der Waals surface area contributed by atoms with E-state index in [1.807, 2.05) is 42.1 Å². The third-order valence-corrected chi connectivity index (χ3v) is 5.92. The van der Waals surface area contributed by atoms with Crippen LogP contribution < -0.4 is 11.1 Å². The predicted octanol–water partition coefficient (Wildman–Crippen LogP) is 4.86. The van der Waals surface area contributed by atoms with Crippen molar-refractivity contribution in [3.05, 3.63) is 71.9 Å². The normalized spacial score (nSPS) is 11.4. The minimum atomic E-state index is -0.244. The molecule has 0 atom stereocenters. The summed E-state index contributed by atoms with van der Waals surface area (Å²) in [6, 6.07) is 12.6. The number of aryl methyl sites for hydroxylation is 1. The van der Waals surface area contributed by atoms with Gasteiger partial charge in [0.15, 0.2) is 0 Å². The third kappa shape index (κ3) is 3.17. The topological polar surface area (TPSA) is 81.7 Å². The van der Waals surface area contributed by atoms with Gasteiger partial charge < -0.3 is 11.1 Å². The van der Waals surface area contributed by atoms with E-state index in [2.05, 4.69) is 20.4 Å². The Kier molecular flexibility index (Phi) is 4.13. The second-order valence-corrected chi connectivity index (χ2v) is 7.86. The number of aromatic nitrogens is 4. The number of benzene rings is 2. The van der Waals surface area contributed by atoms with Crippen molar-refractivity contribution in [1.29, 1.82) is 0 Å². The quantitative estimate of drug-likeness (QED) is 0.447. The van der Waals surface area contributed by atoms with Gasteiger partial charge in [0, 0.05) is 11.1 Å². The van der Waals surface area contributed by atoms with Gasteiger partial charge in [-0.05, 0) is 48.4 Å². The summed E-state index contributed by atoms with van der Waals surface area (Å²) in [5, 5.41) is 10.5. The molecule has 0 spiro atoms. The van der Waals surface area contributed by atoms with Gasteiger partial charge in [0.25, 0.3) is 0 Å². The summed E-state index contributed by atoms with van der Waals surface area (Å²) in [7, 11) is 0. The van der Waals surface area contributed by atoms with Crippen molar-refractivity contribution in [2.24, 2.45) is 0 Å². The first-order chi connectivity index (χ1) is 14.1. The Morgan fingerprint density at radius 1 is 1.17 bits per heavy atom. The molecule has 3 N–H and O–H groups in total. The van der Waals surface area contributed by atoms with Gasteiger partial charge in [-0.15, -0.1) is 0 Å². The highest BCUT2D eigenvalue weighted by molar-refractivity contribution is 7.22. The van der Waals surface area contributed by atoms with Crippen molar-refractivity contribution in [1.82, 2.24) is 19.7 Å². The molecule has 0 saturated heterocycles. The van der Waals surface area contributed by atoms with Crippen LogP contribution in [-0.2, 0) is 6.54 Å². The van der Waals surface area contributed by atoms with Gasteiger partial charge in [-0.2, -0.15) is 5.10 Å². The summed E-state index contributed by atoms with van der Waals surface area (Å²) in [6.45, 7) is 2.48. The van der Waals surface area contributed by atoms with Crippen LogP contribution in [0.3, 0.4) is 0 Å². The Labute approximate surface area is 169 Å². The maximum Gasteiger partial charge on any atom is 0.142 e. The van der Waals surface area contributed by atoms with E-state index in [0.717, 1.165) is 48.8 Å². The molecule has 0 radical (unpaired) electrons. The number of rotatable bonds is 4. The standard InChI is InChI=1S/C21H17FN6S/c1-12-18-20(24-11-25-21(18)29-19(12)23)27-16-5-6-17-14(8-16)9-26-28(17)10-13-3-2-4-15(22)7-13/h2-9,11H,10,23H2,1H3,(H,24,25,27). The SMILES string of the molecule is Cc1c(N)sc2ncnc(Nc3ccc4c(cnn4Cc4cccc(F)c4)c3)c12. The van der Waals surface area contributed by atoms with Crippen molar-refractivity contribution in [2.75, 3.05) is 11.1 Å². The second-order valence-electron chi connectivity index (χ2n) is 6.82. The van der Waals surface area contributed by atoms with Crippen LogP contribution in [0.5, 0.6) is 0 Å². The number of halogens is 1. The zero-order valence-electron chi connectivity index (χ0n) is 15.6. The number of nitrogens with two attached hydrogens (primary N) is 1. The van der Waals surface area contributed by atoms with E-state index in [1.165, 1.54) is 29.8 Å². The molecule has 8 heteroatoms. The lowest BCUT2D eigenvalue weighted by molar-refractivity contribution is 0.621. The fourth-order valence-electron chi connectivity index (χ4n) is 3.42. The Hall–Kier alpha value is -3.52. The number of nitrogens with zero attached hydrogens (tertiary/aromatic N) is 4. The van der Waals surface area contributed by atoms with E-state index in [0.29, 0.717) is 6.54 Å². The number of fused-ring (bicyclic) bond motifs is 2. The zero-order chi connectivity index (χ0) is 20.0. The molecular weight excluding hydrogens is 387 g/mol. The van der Waals surface area contributed by atoms with Crippen molar-refractivity contribution in [3.8, 4) is 0 Å². The number of hydrogen-bond acceptors (Lipinski definition) is 6. The molecule has 0 saturated carbocycles. The summed E-state index contributed by atoms with van der Waals surface area (Å²) < 4.78 is 15.3. The van der Waals surface area contributed by atoms with Crippen molar-refractivity contribution >= 4 is 49.0 Å². The highest BCUT2D eigenvalue weighted by atomic mass is 32.1. The molecule has 0 bridgehead atoms. The summed E-state index contributed by atoms with van der Waals surface area (Å²) in [5.41, 5.74) is 9.77. The Bertz CT molecular complexity index is 1360. The van der Waals surface area contributed by atoms with Crippen LogP contribution in [0.15, 0.2) is 55.0 Å². The molecule has 144 valence electrons. The smallest absolute Gasteiger partial charge is 0.142 e. The molecule has 2 aromatic carbocycles. The lowest BCUT2D eigenvalue weighted by Crippen LogP contribution is -2.01. The van der Waals surface area contributed by atoms with Crippen molar-refractivity contribution in [2.45, 2.75) is 13.5 Å². The van der Waals surface area contributed by atoms with Gasteiger partial charge in [-0.3, -0.25) is 4.68 Å². The molecule has 3 heterocycles. The highest BCUT2D eigenvalue weighted by Crippen LogP contribution is 2.36. The van der Waals surface area contributed by atoms with Gasteiger partial charge >= 0.3 is 0 Å². The number of anilines is 3. The van der Waals surface area contributed by atoms with Gasteiger partial charge in [0.2, 0.25) is 0 Å². The highest BCUT2D eigenvalue weighted by Gasteiger charge is 2.13. The number of nitrogens with one attached hydrogen (secondary N) is 1. The van der Waals surface area contributed by atoms with E-state index in [4.69, 9.17) is 5.73 Å². The summed E-state index contributed by atoms with van der Waals surface area (Å²) in [4.78, 5) is 9.57. The Morgan fingerprint density at radius 3 is 2.93 bits per heavy atom. The average molecular weight is 404 g/mol. The van der Waals surface area contributed by atoms with E-state index < -0.39 is 0 Å². The minimum Gasteiger partial charge on any atom is -0.390 e. The number of nitrogen functional groups attached to an aromatic ring is 1. The molecule has 0 amide bonds. The van der Waals surface area contributed by atoms with Crippen molar-refractivity contribution < 1.29 is 4.39 Å². The van der Waals surface area contributed by atoms with Crippen LogP contribution in [0, 0.1) is 12.7 Å². The van der Waals surface area contributed by atoms with E-state index in [1.54, 1.807) is 6.07 Å². The van der Waals surface area contributed by atoms with Gasteiger partial charge in [-0.1, -0.05) is 23.5 Å². The molecule has 0 aliphatic carbocycles.